The van der Waals surface area contributed by atoms with Gasteiger partial charge in [0.05, 0.1) is 4.90 Å². The van der Waals surface area contributed by atoms with Crippen LogP contribution < -0.4 is 15.4 Å². The molecule has 7 nitrogen and oxygen atoms in total. The summed E-state index contributed by atoms with van der Waals surface area (Å²) < 4.78 is 40.0. The summed E-state index contributed by atoms with van der Waals surface area (Å²) in [6.45, 7) is -0.235. The van der Waals surface area contributed by atoms with E-state index in [2.05, 4.69) is 10.6 Å². The minimum absolute atomic E-state index is 0.136. The first-order valence-electron chi connectivity index (χ1n) is 8.85. The molecule has 10 heteroatoms. The van der Waals surface area contributed by atoms with Crippen molar-refractivity contribution in [3.63, 3.8) is 0 Å². The topological polar surface area (TPSA) is 102 Å². The molecule has 2 N–H and O–H groups in total. The first kappa shape index (κ1) is 22.3. The van der Waals surface area contributed by atoms with Gasteiger partial charge in [0, 0.05) is 22.0 Å². The highest BCUT2D eigenvalue weighted by atomic mass is 35.5. The maximum atomic E-state index is 12.9. The summed E-state index contributed by atoms with van der Waals surface area (Å²) in [6.07, 6.45) is 0. The standard InChI is InChI=1S/C21H16ClFN2O5S/c22-15-3-1-6-18(11-15)30-13-20(26)24-16-4-2-5-17(12-16)25-21(27)14-7-9-19(10-8-14)31(23,28)29/h1-12H,13H2,(H,24,26)(H,25,27). The molecule has 0 aliphatic carbocycles. The van der Waals surface area contributed by atoms with E-state index >= 15 is 0 Å². The molecule has 0 atom stereocenters. The zero-order valence-electron chi connectivity index (χ0n) is 15.8. The molecular weight excluding hydrogens is 447 g/mol. The van der Waals surface area contributed by atoms with Crippen LogP contribution in [0.15, 0.2) is 77.7 Å². The molecule has 0 spiro atoms. The molecule has 0 unspecified atom stereocenters. The minimum atomic E-state index is -4.83. The zero-order chi connectivity index (χ0) is 22.4. The van der Waals surface area contributed by atoms with Crippen LogP contribution in [0.3, 0.4) is 0 Å². The number of rotatable bonds is 7. The van der Waals surface area contributed by atoms with Crippen molar-refractivity contribution in [2.24, 2.45) is 0 Å². The van der Waals surface area contributed by atoms with Crippen LogP contribution in [0, 0.1) is 0 Å². The fourth-order valence-electron chi connectivity index (χ4n) is 2.55. The van der Waals surface area contributed by atoms with Crippen LogP contribution in [0.5, 0.6) is 5.75 Å². The van der Waals surface area contributed by atoms with Gasteiger partial charge in [-0.15, -0.1) is 3.89 Å². The number of nitrogens with one attached hydrogen (secondary N) is 2. The molecule has 0 radical (unpaired) electrons. The highest BCUT2D eigenvalue weighted by Gasteiger charge is 2.13. The summed E-state index contributed by atoms with van der Waals surface area (Å²) in [5.74, 6) is -0.489. The molecule has 0 bridgehead atoms. The van der Waals surface area contributed by atoms with Crippen molar-refractivity contribution < 1.29 is 26.6 Å². The van der Waals surface area contributed by atoms with Crippen molar-refractivity contribution in [3.05, 3.63) is 83.4 Å². The highest BCUT2D eigenvalue weighted by Crippen LogP contribution is 2.19. The molecule has 3 rings (SSSR count). The number of halogens is 2. The Morgan fingerprint density at radius 1 is 0.903 bits per heavy atom. The Hall–Kier alpha value is -3.43. The van der Waals surface area contributed by atoms with Crippen molar-refractivity contribution in [2.75, 3.05) is 17.2 Å². The van der Waals surface area contributed by atoms with E-state index in [1.54, 1.807) is 42.5 Å². The van der Waals surface area contributed by atoms with E-state index in [0.717, 1.165) is 12.1 Å². The first-order valence-corrected chi connectivity index (χ1v) is 10.6. The molecule has 3 aromatic rings. The summed E-state index contributed by atoms with van der Waals surface area (Å²) in [6, 6.07) is 17.4. The van der Waals surface area contributed by atoms with Gasteiger partial charge in [0.2, 0.25) is 0 Å². The van der Waals surface area contributed by atoms with Gasteiger partial charge >= 0.3 is 10.2 Å². The number of hydrogen-bond donors (Lipinski definition) is 2. The van der Waals surface area contributed by atoms with E-state index in [1.165, 1.54) is 18.2 Å². The second kappa shape index (κ2) is 9.59. The van der Waals surface area contributed by atoms with E-state index < -0.39 is 26.9 Å². The summed E-state index contributed by atoms with van der Waals surface area (Å²) >= 11 is 5.86. The molecule has 31 heavy (non-hydrogen) atoms. The monoisotopic (exact) mass is 462 g/mol. The molecule has 0 saturated carbocycles. The molecule has 0 aromatic heterocycles. The maximum Gasteiger partial charge on any atom is 0.332 e. The van der Waals surface area contributed by atoms with Gasteiger partial charge in [-0.2, -0.15) is 8.42 Å². The Morgan fingerprint density at radius 3 is 2.19 bits per heavy atom. The minimum Gasteiger partial charge on any atom is -0.484 e. The molecule has 0 fully saturated rings. The lowest BCUT2D eigenvalue weighted by Crippen LogP contribution is -2.20. The Labute approximate surface area is 183 Å². The van der Waals surface area contributed by atoms with Gasteiger partial charge < -0.3 is 15.4 Å². The summed E-state index contributed by atoms with van der Waals surface area (Å²) in [5.41, 5.74) is 0.953. The fraction of sp³-hybridized carbons (Fsp3) is 0.0476. The SMILES string of the molecule is O=C(COc1cccc(Cl)c1)Nc1cccc(NC(=O)c2ccc(S(=O)(=O)F)cc2)c1. The van der Waals surface area contributed by atoms with E-state index in [1.807, 2.05) is 0 Å². The zero-order valence-corrected chi connectivity index (χ0v) is 17.4. The van der Waals surface area contributed by atoms with Crippen molar-refractivity contribution in [2.45, 2.75) is 4.90 Å². The number of carbonyl (C=O) groups is 2. The van der Waals surface area contributed by atoms with Crippen LogP contribution in [0.25, 0.3) is 0 Å². The van der Waals surface area contributed by atoms with Gasteiger partial charge in [-0.3, -0.25) is 9.59 Å². The summed E-state index contributed by atoms with van der Waals surface area (Å²) in [5, 5.41) is 5.75. The van der Waals surface area contributed by atoms with Gasteiger partial charge in [0.25, 0.3) is 11.8 Å². The molecule has 0 saturated heterocycles. The molecular formula is C21H16ClFN2O5S. The normalized spacial score (nSPS) is 10.9. The number of hydrogen-bond acceptors (Lipinski definition) is 5. The number of ether oxygens (including phenoxy) is 1. The van der Waals surface area contributed by atoms with Crippen LogP contribution in [0.4, 0.5) is 15.3 Å². The van der Waals surface area contributed by atoms with Crippen LogP contribution in [-0.2, 0) is 15.0 Å². The predicted octanol–water partition coefficient (Wildman–Crippen LogP) is 4.27. The number of amides is 2. The summed E-state index contributed by atoms with van der Waals surface area (Å²) in [4.78, 5) is 23.9. The van der Waals surface area contributed by atoms with Crippen molar-refractivity contribution in [1.82, 2.24) is 0 Å². The van der Waals surface area contributed by atoms with Crippen LogP contribution in [0.2, 0.25) is 5.02 Å². The van der Waals surface area contributed by atoms with Gasteiger partial charge in [0.1, 0.15) is 5.75 Å². The fourth-order valence-corrected chi connectivity index (χ4v) is 3.19. The average Bonchev–Trinajstić information content (AvgIpc) is 2.72. The molecule has 3 aromatic carbocycles. The third-order valence-electron chi connectivity index (χ3n) is 3.97. The van der Waals surface area contributed by atoms with Crippen molar-refractivity contribution in [1.29, 1.82) is 0 Å². The molecule has 0 aliphatic heterocycles. The second-order valence-corrected chi connectivity index (χ2v) is 8.07. The van der Waals surface area contributed by atoms with E-state index in [0.29, 0.717) is 22.1 Å². The van der Waals surface area contributed by atoms with Crippen LogP contribution >= 0.6 is 11.6 Å². The third kappa shape index (κ3) is 6.53. The highest BCUT2D eigenvalue weighted by molar-refractivity contribution is 7.86. The average molecular weight is 463 g/mol. The maximum absolute atomic E-state index is 12.9. The predicted molar refractivity (Wildman–Crippen MR) is 115 cm³/mol. The van der Waals surface area contributed by atoms with Gasteiger partial charge in [-0.25, -0.2) is 0 Å². The Morgan fingerprint density at radius 2 is 1.55 bits per heavy atom. The molecule has 0 heterocycles. The van der Waals surface area contributed by atoms with Crippen molar-refractivity contribution >= 4 is 45.0 Å². The molecule has 0 aliphatic rings. The van der Waals surface area contributed by atoms with Crippen molar-refractivity contribution in [3.8, 4) is 5.75 Å². The molecule has 2 amide bonds. The summed E-state index contributed by atoms with van der Waals surface area (Å²) in [7, 11) is -4.83. The number of carbonyl (C=O) groups excluding carboxylic acids is 2. The first-order chi connectivity index (χ1) is 14.7. The van der Waals surface area contributed by atoms with Crippen LogP contribution in [0.1, 0.15) is 10.4 Å². The Bertz CT molecular complexity index is 1220. The Kier molecular flexibility index (Phi) is 6.88. The smallest absolute Gasteiger partial charge is 0.332 e. The van der Waals surface area contributed by atoms with Crippen LogP contribution in [-0.4, -0.2) is 26.8 Å². The van der Waals surface area contributed by atoms with Gasteiger partial charge in [0.15, 0.2) is 6.61 Å². The second-order valence-electron chi connectivity index (χ2n) is 6.29. The number of anilines is 2. The lowest BCUT2D eigenvalue weighted by atomic mass is 10.2. The van der Waals surface area contributed by atoms with E-state index in [-0.39, 0.29) is 12.2 Å². The lowest BCUT2D eigenvalue weighted by molar-refractivity contribution is -0.118. The van der Waals surface area contributed by atoms with Gasteiger partial charge in [-0.1, -0.05) is 23.7 Å². The largest absolute Gasteiger partial charge is 0.484 e. The molecule has 160 valence electrons. The van der Waals surface area contributed by atoms with E-state index in [4.69, 9.17) is 16.3 Å². The quantitative estimate of drug-likeness (QED) is 0.510. The Balaban J connectivity index is 1.59. The van der Waals surface area contributed by atoms with Gasteiger partial charge in [-0.05, 0) is 60.7 Å². The lowest BCUT2D eigenvalue weighted by Gasteiger charge is -2.10. The third-order valence-corrected chi connectivity index (χ3v) is 5.04. The van der Waals surface area contributed by atoms with E-state index in [9.17, 15) is 21.9 Å². The number of benzene rings is 3.